The molecule has 0 saturated heterocycles. The largest absolute Gasteiger partial charge is 0.341 e. The second kappa shape index (κ2) is 8.25. The predicted octanol–water partition coefficient (Wildman–Crippen LogP) is 8.78. The molecule has 0 atom stereocenters. The fourth-order valence-electron chi connectivity index (χ4n) is 5.10. The van der Waals surface area contributed by atoms with Gasteiger partial charge in [-0.3, -0.25) is 4.98 Å². The van der Waals surface area contributed by atoms with Gasteiger partial charge in [0, 0.05) is 38.9 Å². The molecule has 7 aromatic rings. The second-order valence-corrected chi connectivity index (χ2v) is 11.4. The molecule has 5 nitrogen and oxygen atoms in total. The number of pyridine rings is 1. The minimum absolute atomic E-state index is 0.328. The topological polar surface area (TPSA) is 70.2 Å². The maximum atomic E-state index is 4.94. The number of nitrogens with one attached hydrogen (secondary N) is 2. The number of rotatable bonds is 4. The Kier molecular flexibility index (Phi) is 4.95. The van der Waals surface area contributed by atoms with E-state index in [2.05, 4.69) is 91.2 Å². The van der Waals surface area contributed by atoms with Crippen molar-refractivity contribution in [1.29, 1.82) is 0 Å². The number of thiophene rings is 1. The van der Waals surface area contributed by atoms with Crippen LogP contribution in [0.3, 0.4) is 0 Å². The minimum Gasteiger partial charge on any atom is -0.341 e. The molecule has 7 rings (SSSR count). The van der Waals surface area contributed by atoms with Crippen LogP contribution in [0.25, 0.3) is 64.5 Å². The zero-order valence-corrected chi connectivity index (χ0v) is 22.1. The van der Waals surface area contributed by atoms with Gasteiger partial charge in [0.2, 0.25) is 0 Å². The van der Waals surface area contributed by atoms with Gasteiger partial charge in [-0.05, 0) is 46.8 Å². The lowest BCUT2D eigenvalue weighted by atomic mass is 9.98. The van der Waals surface area contributed by atoms with Crippen LogP contribution in [0.1, 0.15) is 51.2 Å². The maximum absolute atomic E-state index is 4.94. The third-order valence-electron chi connectivity index (χ3n) is 7.14. The molecule has 6 heteroatoms. The first-order chi connectivity index (χ1) is 18.0. The summed E-state index contributed by atoms with van der Waals surface area (Å²) in [5.74, 6) is 2.74. The van der Waals surface area contributed by atoms with E-state index in [1.54, 1.807) is 11.3 Å². The second-order valence-electron chi connectivity index (χ2n) is 10.4. The minimum atomic E-state index is 0.328. The Labute approximate surface area is 218 Å². The van der Waals surface area contributed by atoms with Gasteiger partial charge in [0.15, 0.2) is 0 Å². The number of nitrogens with zero attached hydrogens (tertiary/aromatic N) is 3. The molecular formula is C31H27N5S. The number of H-pyrrole nitrogens is 2. The van der Waals surface area contributed by atoms with E-state index in [0.29, 0.717) is 11.8 Å². The average Bonchev–Trinajstić information content (AvgIpc) is 3.66. The van der Waals surface area contributed by atoms with Crippen molar-refractivity contribution >= 4 is 54.1 Å². The summed E-state index contributed by atoms with van der Waals surface area (Å²) in [6, 6.07) is 19.8. The van der Waals surface area contributed by atoms with Crippen LogP contribution in [0.5, 0.6) is 0 Å². The molecule has 182 valence electrons. The van der Waals surface area contributed by atoms with Crippen LogP contribution >= 0.6 is 11.3 Å². The Morgan fingerprint density at radius 1 is 0.730 bits per heavy atom. The first-order valence-corrected chi connectivity index (χ1v) is 13.6. The Balaban J connectivity index is 1.38. The van der Waals surface area contributed by atoms with E-state index in [4.69, 9.17) is 9.97 Å². The molecule has 0 bridgehead atoms. The van der Waals surface area contributed by atoms with Gasteiger partial charge in [-0.25, -0.2) is 9.97 Å². The van der Waals surface area contributed by atoms with Crippen molar-refractivity contribution in [1.82, 2.24) is 24.9 Å². The highest BCUT2D eigenvalue weighted by atomic mass is 32.1. The van der Waals surface area contributed by atoms with Crippen LogP contribution in [0, 0.1) is 0 Å². The van der Waals surface area contributed by atoms with Gasteiger partial charge in [-0.15, -0.1) is 11.3 Å². The molecule has 0 radical (unpaired) electrons. The number of imidazole rings is 2. The number of hydrogen-bond donors (Lipinski definition) is 2. The quantitative estimate of drug-likeness (QED) is 0.237. The van der Waals surface area contributed by atoms with Gasteiger partial charge < -0.3 is 9.97 Å². The molecular weight excluding hydrogens is 474 g/mol. The van der Waals surface area contributed by atoms with Crippen LogP contribution in [0.2, 0.25) is 0 Å². The molecule has 0 aliphatic heterocycles. The first-order valence-electron chi connectivity index (χ1n) is 12.8. The van der Waals surface area contributed by atoms with Crippen molar-refractivity contribution in [3.8, 4) is 21.7 Å². The lowest BCUT2D eigenvalue weighted by molar-refractivity contribution is 0.795. The van der Waals surface area contributed by atoms with Gasteiger partial charge in [0.1, 0.15) is 11.6 Å². The van der Waals surface area contributed by atoms with Crippen molar-refractivity contribution in [2.75, 3.05) is 0 Å². The van der Waals surface area contributed by atoms with Gasteiger partial charge >= 0.3 is 0 Å². The van der Waals surface area contributed by atoms with E-state index >= 15 is 0 Å². The number of aromatic nitrogens is 5. The normalized spacial score (nSPS) is 12.3. The Morgan fingerprint density at radius 2 is 1.54 bits per heavy atom. The van der Waals surface area contributed by atoms with Crippen molar-refractivity contribution in [3.05, 3.63) is 78.6 Å². The average molecular weight is 502 g/mol. The molecule has 0 fully saturated rings. The number of benzene rings is 3. The Morgan fingerprint density at radius 3 is 2.35 bits per heavy atom. The highest BCUT2D eigenvalue weighted by molar-refractivity contribution is 7.22. The summed E-state index contributed by atoms with van der Waals surface area (Å²) < 4.78 is 1.27. The van der Waals surface area contributed by atoms with E-state index < -0.39 is 0 Å². The van der Waals surface area contributed by atoms with E-state index in [-0.39, 0.29) is 0 Å². The molecule has 4 aromatic heterocycles. The van der Waals surface area contributed by atoms with Crippen molar-refractivity contribution in [2.24, 2.45) is 0 Å². The standard InChI is InChI=1S/C31H27N5S/c1-16(2)30-33-15-24(34-30)26-14-20-8-7-19(13-25(20)37-26)18-9-10-21-23(12-18)27-22(6-5-11-32-27)29-28(21)35-31(36-29)17(3)4/h5-17H,1-4H3,(H,33,34)(H,35,36). The third-order valence-corrected chi connectivity index (χ3v) is 8.27. The molecule has 0 saturated carbocycles. The molecule has 0 unspecified atom stereocenters. The summed E-state index contributed by atoms with van der Waals surface area (Å²) >= 11 is 1.80. The molecule has 0 spiro atoms. The maximum Gasteiger partial charge on any atom is 0.109 e. The lowest BCUT2D eigenvalue weighted by Gasteiger charge is -2.08. The molecule has 37 heavy (non-hydrogen) atoms. The number of fused-ring (bicyclic) bond motifs is 7. The smallest absolute Gasteiger partial charge is 0.109 e. The van der Waals surface area contributed by atoms with Gasteiger partial charge in [-0.2, -0.15) is 0 Å². The van der Waals surface area contributed by atoms with E-state index in [9.17, 15) is 0 Å². The fourth-order valence-corrected chi connectivity index (χ4v) is 6.17. The fraction of sp³-hybridized carbons (Fsp3) is 0.194. The van der Waals surface area contributed by atoms with Gasteiger partial charge in [-0.1, -0.05) is 52.0 Å². The molecule has 0 amide bonds. The van der Waals surface area contributed by atoms with Crippen LogP contribution in [0.15, 0.2) is 67.0 Å². The Bertz CT molecular complexity index is 1950. The molecule has 0 aliphatic rings. The van der Waals surface area contributed by atoms with Crippen molar-refractivity contribution < 1.29 is 0 Å². The summed E-state index contributed by atoms with van der Waals surface area (Å²) in [5.41, 5.74) is 6.55. The SMILES string of the molecule is CC(C)c1ncc(-c2cc3ccc(-c4ccc5c(c4)c4ncccc4c4nc(C(C)C)[nH]c54)cc3s2)[nH]1. The monoisotopic (exact) mass is 501 g/mol. The summed E-state index contributed by atoms with van der Waals surface area (Å²) in [5, 5.41) is 4.64. The summed E-state index contributed by atoms with van der Waals surface area (Å²) in [6.07, 6.45) is 3.82. The van der Waals surface area contributed by atoms with Crippen LogP contribution in [0.4, 0.5) is 0 Å². The van der Waals surface area contributed by atoms with E-state index in [1.807, 2.05) is 18.5 Å². The van der Waals surface area contributed by atoms with Crippen molar-refractivity contribution in [2.45, 2.75) is 39.5 Å². The molecule has 0 aliphatic carbocycles. The van der Waals surface area contributed by atoms with E-state index in [1.165, 1.54) is 26.1 Å². The summed E-state index contributed by atoms with van der Waals surface area (Å²) in [6.45, 7) is 8.64. The zero-order valence-electron chi connectivity index (χ0n) is 21.3. The first kappa shape index (κ1) is 22.2. The zero-order chi connectivity index (χ0) is 25.3. The van der Waals surface area contributed by atoms with Crippen molar-refractivity contribution in [3.63, 3.8) is 0 Å². The van der Waals surface area contributed by atoms with Crippen LogP contribution in [-0.4, -0.2) is 24.9 Å². The third kappa shape index (κ3) is 3.55. The highest BCUT2D eigenvalue weighted by Gasteiger charge is 2.16. The highest BCUT2D eigenvalue weighted by Crippen LogP contribution is 2.38. The molecule has 4 heterocycles. The molecule has 3 aromatic carbocycles. The predicted molar refractivity (Wildman–Crippen MR) is 155 cm³/mol. The number of hydrogen-bond acceptors (Lipinski definition) is 4. The van der Waals surface area contributed by atoms with Gasteiger partial charge in [0.05, 0.1) is 33.3 Å². The summed E-state index contributed by atoms with van der Waals surface area (Å²) in [7, 11) is 0. The molecule has 2 N–H and O–H groups in total. The van der Waals surface area contributed by atoms with Crippen LogP contribution < -0.4 is 0 Å². The van der Waals surface area contributed by atoms with Crippen LogP contribution in [-0.2, 0) is 0 Å². The van der Waals surface area contributed by atoms with Gasteiger partial charge in [0.25, 0.3) is 0 Å². The van der Waals surface area contributed by atoms with E-state index in [0.717, 1.165) is 50.1 Å². The lowest BCUT2D eigenvalue weighted by Crippen LogP contribution is -1.88. The Hall–Kier alpha value is -4.03. The summed E-state index contributed by atoms with van der Waals surface area (Å²) in [4.78, 5) is 22.6. The number of aromatic amines is 2.